The molecule has 0 aromatic carbocycles. The second-order valence-electron chi connectivity index (χ2n) is 7.76. The van der Waals surface area contributed by atoms with Crippen molar-refractivity contribution in [2.24, 2.45) is 17.6 Å². The lowest BCUT2D eigenvalue weighted by atomic mass is 10.00. The average Bonchev–Trinajstić information content (AvgIpc) is 3.07. The Morgan fingerprint density at radius 2 is 1.59 bits per heavy atom. The van der Waals surface area contributed by atoms with Crippen molar-refractivity contribution >= 4 is 23.7 Å². The van der Waals surface area contributed by atoms with Crippen molar-refractivity contribution in [3.63, 3.8) is 0 Å². The Bertz CT molecular complexity index is 578. The zero-order valence-electron chi connectivity index (χ0n) is 16.7. The highest BCUT2D eigenvalue weighted by atomic mass is 16.4. The molecule has 4 atom stereocenters. The summed E-state index contributed by atoms with van der Waals surface area (Å²) in [6.07, 6.45) is 1.01. The first-order chi connectivity index (χ1) is 12.5. The van der Waals surface area contributed by atoms with Gasteiger partial charge in [-0.3, -0.25) is 14.4 Å². The van der Waals surface area contributed by atoms with Crippen LogP contribution < -0.4 is 16.4 Å². The second kappa shape index (κ2) is 9.68. The van der Waals surface area contributed by atoms with E-state index >= 15 is 0 Å². The maximum Gasteiger partial charge on any atom is 0.326 e. The van der Waals surface area contributed by atoms with Crippen LogP contribution in [0.15, 0.2) is 0 Å². The third-order valence-electron chi connectivity index (χ3n) is 4.82. The minimum absolute atomic E-state index is 0.0792. The van der Waals surface area contributed by atoms with Gasteiger partial charge in [0.05, 0.1) is 6.04 Å². The number of hydrogen-bond donors (Lipinski definition) is 4. The number of carbonyl (C=O) groups is 4. The first-order valence-electron chi connectivity index (χ1n) is 9.37. The molecule has 1 heterocycles. The van der Waals surface area contributed by atoms with Gasteiger partial charge in [0.2, 0.25) is 17.7 Å². The summed E-state index contributed by atoms with van der Waals surface area (Å²) < 4.78 is 0. The number of hydrogen-bond acceptors (Lipinski definition) is 5. The molecule has 1 aliphatic rings. The molecule has 1 fully saturated rings. The smallest absolute Gasteiger partial charge is 0.326 e. The van der Waals surface area contributed by atoms with Crippen LogP contribution in [0.2, 0.25) is 0 Å². The standard InChI is InChI=1S/C18H32N4O5/c1-9(2)13(19)15(23)21-14(10(3)4)16(24)20-11(5)17(25)22-8-6-7-12(22)18(26)27/h9-14H,6-8,19H2,1-5H3,(H,20,24)(H,21,23)(H,26,27). The molecule has 154 valence electrons. The second-order valence-corrected chi connectivity index (χ2v) is 7.76. The quantitative estimate of drug-likeness (QED) is 0.452. The van der Waals surface area contributed by atoms with Gasteiger partial charge < -0.3 is 26.4 Å². The fraction of sp³-hybridized carbons (Fsp3) is 0.778. The van der Waals surface area contributed by atoms with Gasteiger partial charge in [-0.15, -0.1) is 0 Å². The molecule has 0 bridgehead atoms. The number of carboxylic acid groups (broad SMARTS) is 1. The van der Waals surface area contributed by atoms with E-state index in [-0.39, 0.29) is 11.8 Å². The van der Waals surface area contributed by atoms with E-state index in [4.69, 9.17) is 5.73 Å². The topological polar surface area (TPSA) is 142 Å². The van der Waals surface area contributed by atoms with Crippen molar-refractivity contribution in [1.29, 1.82) is 0 Å². The molecule has 0 spiro atoms. The van der Waals surface area contributed by atoms with E-state index in [1.54, 1.807) is 13.8 Å². The van der Waals surface area contributed by atoms with Crippen molar-refractivity contribution in [3.05, 3.63) is 0 Å². The highest BCUT2D eigenvalue weighted by Crippen LogP contribution is 2.18. The van der Waals surface area contributed by atoms with Crippen molar-refractivity contribution in [2.45, 2.75) is 71.6 Å². The number of nitrogens with one attached hydrogen (secondary N) is 2. The molecule has 0 saturated carbocycles. The normalized spacial score (nSPS) is 20.3. The molecule has 4 unspecified atom stereocenters. The summed E-state index contributed by atoms with van der Waals surface area (Å²) in [7, 11) is 0. The summed E-state index contributed by atoms with van der Waals surface area (Å²) in [4.78, 5) is 49.9. The minimum Gasteiger partial charge on any atom is -0.480 e. The number of likely N-dealkylation sites (tertiary alicyclic amines) is 1. The van der Waals surface area contributed by atoms with Crippen LogP contribution in [0.4, 0.5) is 0 Å². The van der Waals surface area contributed by atoms with Gasteiger partial charge in [-0.25, -0.2) is 4.79 Å². The fourth-order valence-corrected chi connectivity index (χ4v) is 2.99. The largest absolute Gasteiger partial charge is 0.480 e. The Hall–Kier alpha value is -2.16. The summed E-state index contributed by atoms with van der Waals surface area (Å²) >= 11 is 0. The van der Waals surface area contributed by atoms with E-state index in [2.05, 4.69) is 10.6 Å². The number of carboxylic acids is 1. The van der Waals surface area contributed by atoms with Crippen molar-refractivity contribution in [1.82, 2.24) is 15.5 Å². The number of nitrogens with two attached hydrogens (primary N) is 1. The molecule has 1 rings (SSSR count). The zero-order chi connectivity index (χ0) is 20.9. The van der Waals surface area contributed by atoms with Gasteiger partial charge in [-0.1, -0.05) is 27.7 Å². The molecule has 9 heteroatoms. The van der Waals surface area contributed by atoms with Gasteiger partial charge in [0.15, 0.2) is 0 Å². The number of carbonyl (C=O) groups excluding carboxylic acids is 3. The predicted molar refractivity (Wildman–Crippen MR) is 99.6 cm³/mol. The highest BCUT2D eigenvalue weighted by Gasteiger charge is 2.37. The van der Waals surface area contributed by atoms with Crippen LogP contribution >= 0.6 is 0 Å². The third kappa shape index (κ3) is 5.92. The summed E-state index contributed by atoms with van der Waals surface area (Å²) in [5.41, 5.74) is 5.82. The maximum atomic E-state index is 12.6. The van der Waals surface area contributed by atoms with Crippen LogP contribution in [-0.2, 0) is 19.2 Å². The summed E-state index contributed by atoms with van der Waals surface area (Å²) in [5.74, 6) is -2.71. The van der Waals surface area contributed by atoms with Crippen LogP contribution in [0.1, 0.15) is 47.5 Å². The molecular formula is C18H32N4O5. The predicted octanol–water partition coefficient (Wildman–Crippen LogP) is -0.309. The average molecular weight is 384 g/mol. The molecule has 0 aromatic rings. The van der Waals surface area contributed by atoms with Gasteiger partial charge in [-0.2, -0.15) is 0 Å². The van der Waals surface area contributed by atoms with Crippen LogP contribution in [0.3, 0.4) is 0 Å². The maximum absolute atomic E-state index is 12.6. The Balaban J connectivity index is 2.76. The lowest BCUT2D eigenvalue weighted by Crippen LogP contribution is -2.58. The van der Waals surface area contributed by atoms with Gasteiger partial charge in [0.1, 0.15) is 18.1 Å². The Labute approximate surface area is 160 Å². The lowest BCUT2D eigenvalue weighted by Gasteiger charge is -2.28. The van der Waals surface area contributed by atoms with Crippen LogP contribution in [0.25, 0.3) is 0 Å². The van der Waals surface area contributed by atoms with Crippen LogP contribution in [0, 0.1) is 11.8 Å². The Morgan fingerprint density at radius 1 is 1.00 bits per heavy atom. The van der Waals surface area contributed by atoms with Crippen LogP contribution in [0.5, 0.6) is 0 Å². The zero-order valence-corrected chi connectivity index (χ0v) is 16.7. The van der Waals surface area contributed by atoms with E-state index in [0.717, 1.165) is 0 Å². The molecule has 0 aromatic heterocycles. The van der Waals surface area contributed by atoms with Gasteiger partial charge in [-0.05, 0) is 31.6 Å². The summed E-state index contributed by atoms with van der Waals surface area (Å²) in [6, 6.07) is -3.33. The molecule has 1 saturated heterocycles. The SMILES string of the molecule is CC(NC(=O)C(NC(=O)C(N)C(C)C)C(C)C)C(=O)N1CCCC1C(=O)O. The molecule has 0 aliphatic carbocycles. The van der Waals surface area contributed by atoms with E-state index in [0.29, 0.717) is 19.4 Å². The third-order valence-corrected chi connectivity index (χ3v) is 4.82. The van der Waals surface area contributed by atoms with Gasteiger partial charge in [0, 0.05) is 6.54 Å². The number of amides is 3. The number of nitrogens with zero attached hydrogens (tertiary/aromatic N) is 1. The van der Waals surface area contributed by atoms with E-state index in [9.17, 15) is 24.3 Å². The molecular weight excluding hydrogens is 352 g/mol. The highest BCUT2D eigenvalue weighted by molar-refractivity contribution is 5.94. The van der Waals surface area contributed by atoms with E-state index < -0.39 is 47.9 Å². The van der Waals surface area contributed by atoms with Crippen molar-refractivity contribution in [3.8, 4) is 0 Å². The monoisotopic (exact) mass is 384 g/mol. The first-order valence-corrected chi connectivity index (χ1v) is 9.37. The van der Waals surface area contributed by atoms with Crippen molar-refractivity contribution in [2.75, 3.05) is 6.54 Å². The molecule has 5 N–H and O–H groups in total. The minimum atomic E-state index is -1.05. The fourth-order valence-electron chi connectivity index (χ4n) is 2.99. The molecule has 27 heavy (non-hydrogen) atoms. The molecule has 3 amide bonds. The molecule has 1 aliphatic heterocycles. The Kier molecular flexibility index (Phi) is 8.20. The molecule has 0 radical (unpaired) electrons. The first kappa shape index (κ1) is 22.9. The van der Waals surface area contributed by atoms with E-state index in [1.807, 2.05) is 13.8 Å². The molecule has 9 nitrogen and oxygen atoms in total. The number of rotatable bonds is 8. The van der Waals surface area contributed by atoms with Gasteiger partial charge in [0.25, 0.3) is 0 Å². The van der Waals surface area contributed by atoms with Gasteiger partial charge >= 0.3 is 5.97 Å². The summed E-state index contributed by atoms with van der Waals surface area (Å²) in [5, 5.41) is 14.4. The van der Waals surface area contributed by atoms with E-state index in [1.165, 1.54) is 11.8 Å². The Morgan fingerprint density at radius 3 is 2.07 bits per heavy atom. The van der Waals surface area contributed by atoms with Crippen LogP contribution in [-0.4, -0.2) is 64.4 Å². The van der Waals surface area contributed by atoms with Crippen molar-refractivity contribution < 1.29 is 24.3 Å². The lowest BCUT2D eigenvalue weighted by molar-refractivity contribution is -0.149. The number of aliphatic carboxylic acids is 1. The summed E-state index contributed by atoms with van der Waals surface area (Å²) in [6.45, 7) is 9.03.